The average molecular weight is 633 g/mol. The maximum Gasteiger partial charge on any atom is 0.261 e. The molecule has 14 heteroatoms. The summed E-state index contributed by atoms with van der Waals surface area (Å²) in [5.41, 5.74) is 2.13. The number of sulfonamides is 2. The average Bonchev–Trinajstić information content (AvgIpc) is 2.98. The minimum atomic E-state index is -3.86. The number of carbonyl (C=O) groups excluding carboxylic acids is 4. The Morgan fingerprint density at radius 1 is 0.455 bits per heavy atom. The van der Waals surface area contributed by atoms with Crippen LogP contribution in [0.2, 0.25) is 0 Å². The Kier molecular flexibility index (Phi) is 6.96. The molecule has 0 fully saturated rings. The van der Waals surface area contributed by atoms with Gasteiger partial charge in [-0.3, -0.25) is 29.0 Å². The lowest BCUT2D eigenvalue weighted by Crippen LogP contribution is -2.44. The van der Waals surface area contributed by atoms with E-state index in [1.807, 2.05) is 0 Å². The highest BCUT2D eigenvalue weighted by atomic mass is 32.2. The first kappa shape index (κ1) is 29.3. The molecule has 0 bridgehead atoms. The second kappa shape index (κ2) is 10.4. The maximum absolute atomic E-state index is 13.5. The van der Waals surface area contributed by atoms with Crippen molar-refractivity contribution in [1.29, 1.82) is 0 Å². The zero-order valence-electron chi connectivity index (χ0n) is 22.9. The summed E-state index contributed by atoms with van der Waals surface area (Å²) in [6, 6.07) is 17.5. The number of hydrogen-bond acceptors (Lipinski definition) is 8. The Hall–Kier alpha value is -4.76. The smallest absolute Gasteiger partial charge is 0.261 e. The second-order valence-electron chi connectivity index (χ2n) is 10.5. The molecular formula is C30H24N4O8S2. The molecule has 224 valence electrons. The van der Waals surface area contributed by atoms with Crippen molar-refractivity contribution < 1.29 is 36.0 Å². The lowest BCUT2D eigenvalue weighted by Gasteiger charge is -2.32. The van der Waals surface area contributed by atoms with Gasteiger partial charge in [0.05, 0.1) is 9.79 Å². The first-order valence-electron chi connectivity index (χ1n) is 13.3. The van der Waals surface area contributed by atoms with Crippen molar-refractivity contribution in [3.05, 3.63) is 106 Å². The normalized spacial score (nSPS) is 15.0. The van der Waals surface area contributed by atoms with Gasteiger partial charge < -0.3 is 0 Å². The Morgan fingerprint density at radius 2 is 0.727 bits per heavy atom. The predicted octanol–water partition coefficient (Wildman–Crippen LogP) is 1.81. The molecule has 4 amide bonds. The number of benzene rings is 4. The van der Waals surface area contributed by atoms with E-state index in [9.17, 15) is 36.0 Å². The van der Waals surface area contributed by atoms with Crippen LogP contribution in [0.25, 0.3) is 10.8 Å². The van der Waals surface area contributed by atoms with Crippen LogP contribution < -0.4 is 10.3 Å². The van der Waals surface area contributed by atoms with E-state index in [-0.39, 0.29) is 68.7 Å². The lowest BCUT2D eigenvalue weighted by atomic mass is 9.85. The minimum Gasteiger partial charge on any atom is -0.274 e. The fourth-order valence-corrected chi connectivity index (χ4v) is 6.58. The summed E-state index contributed by atoms with van der Waals surface area (Å²) in [6.45, 7) is 0.0291. The Bertz CT molecular complexity index is 1920. The SMILES string of the molecule is NS(=O)(=O)c1ccc(CCN2C(=O)c3ccc4c5c(ccc(c35)C2=O)C(=O)N(CCc2ccc(S(N)(=O)=O)cc2)C4=O)cc1. The minimum absolute atomic E-state index is 0.0145. The number of primary sulfonamides is 2. The van der Waals surface area contributed by atoms with Crippen molar-refractivity contribution in [2.75, 3.05) is 13.1 Å². The van der Waals surface area contributed by atoms with Gasteiger partial charge in [0.25, 0.3) is 23.6 Å². The number of hydrogen-bond donors (Lipinski definition) is 2. The van der Waals surface area contributed by atoms with Crippen LogP contribution in [-0.2, 0) is 32.9 Å². The molecule has 0 saturated carbocycles. The molecule has 0 spiro atoms. The van der Waals surface area contributed by atoms with Crippen molar-refractivity contribution >= 4 is 54.4 Å². The van der Waals surface area contributed by atoms with Crippen molar-refractivity contribution in [1.82, 2.24) is 9.80 Å². The van der Waals surface area contributed by atoms with E-state index in [2.05, 4.69) is 0 Å². The van der Waals surface area contributed by atoms with E-state index in [0.29, 0.717) is 11.1 Å². The molecule has 0 saturated heterocycles. The van der Waals surface area contributed by atoms with Crippen molar-refractivity contribution in [2.45, 2.75) is 22.6 Å². The topological polar surface area (TPSA) is 195 Å². The standard InChI is InChI=1S/C30H24N4O8S2/c31-43(39,40)19-5-1-17(2-6-19)13-15-33-27(35)21-9-11-23-26-24(12-10-22(25(21)26)28(33)36)30(38)34(29(23)37)16-14-18-3-7-20(8-4-18)44(32,41)42/h1-12H,13-16H2,(H2,31,39,40)(H2,32,41,42). The molecule has 44 heavy (non-hydrogen) atoms. The van der Waals surface area contributed by atoms with Crippen molar-refractivity contribution in [2.24, 2.45) is 10.3 Å². The predicted molar refractivity (Wildman–Crippen MR) is 158 cm³/mol. The zero-order valence-corrected chi connectivity index (χ0v) is 24.5. The van der Waals surface area contributed by atoms with Gasteiger partial charge in [-0.1, -0.05) is 24.3 Å². The van der Waals surface area contributed by atoms with E-state index in [0.717, 1.165) is 9.80 Å². The van der Waals surface area contributed by atoms with Gasteiger partial charge in [-0.25, -0.2) is 27.1 Å². The van der Waals surface area contributed by atoms with Crippen LogP contribution in [0.1, 0.15) is 52.6 Å². The number of carbonyl (C=O) groups is 4. The van der Waals surface area contributed by atoms with Gasteiger partial charge >= 0.3 is 0 Å². The third kappa shape index (κ3) is 4.97. The molecule has 0 aromatic heterocycles. The first-order chi connectivity index (χ1) is 20.8. The summed E-state index contributed by atoms with van der Waals surface area (Å²) in [5.74, 6) is -2.29. The third-order valence-corrected chi connectivity index (χ3v) is 9.67. The molecule has 4 aromatic rings. The third-order valence-electron chi connectivity index (χ3n) is 7.81. The van der Waals surface area contributed by atoms with Crippen LogP contribution in [0.15, 0.2) is 82.6 Å². The number of rotatable bonds is 8. The molecule has 4 N–H and O–H groups in total. The largest absolute Gasteiger partial charge is 0.274 e. The lowest BCUT2D eigenvalue weighted by molar-refractivity contribution is 0.0590. The summed E-state index contributed by atoms with van der Waals surface area (Å²) in [6.07, 6.45) is 0.515. The fraction of sp³-hybridized carbons (Fsp3) is 0.133. The van der Waals surface area contributed by atoms with Crippen LogP contribution in [0.3, 0.4) is 0 Å². The molecule has 6 rings (SSSR count). The molecule has 0 radical (unpaired) electrons. The summed E-state index contributed by atoms with van der Waals surface area (Å²) in [4.78, 5) is 56.1. The molecule has 0 atom stereocenters. The maximum atomic E-state index is 13.5. The van der Waals surface area contributed by atoms with Gasteiger partial charge in [0, 0.05) is 46.1 Å². The summed E-state index contributed by atoms with van der Waals surface area (Å²) in [5, 5.41) is 10.8. The molecule has 4 aromatic carbocycles. The van der Waals surface area contributed by atoms with Gasteiger partial charge in [0.2, 0.25) is 20.0 Å². The summed E-state index contributed by atoms with van der Waals surface area (Å²) < 4.78 is 46.1. The van der Waals surface area contributed by atoms with Crippen LogP contribution in [0, 0.1) is 0 Å². The first-order valence-corrected chi connectivity index (χ1v) is 16.4. The number of nitrogens with zero attached hydrogens (tertiary/aromatic N) is 2. The summed E-state index contributed by atoms with van der Waals surface area (Å²) in [7, 11) is -7.72. The van der Waals surface area contributed by atoms with E-state index < -0.39 is 43.7 Å². The number of nitrogens with two attached hydrogens (primary N) is 2. The van der Waals surface area contributed by atoms with Crippen molar-refractivity contribution in [3.63, 3.8) is 0 Å². The molecule has 0 aliphatic carbocycles. The molecular weight excluding hydrogens is 608 g/mol. The Morgan fingerprint density at radius 3 is 0.977 bits per heavy atom. The Balaban J connectivity index is 1.26. The van der Waals surface area contributed by atoms with Crippen LogP contribution >= 0.6 is 0 Å². The quantitative estimate of drug-likeness (QED) is 0.274. The fourth-order valence-electron chi connectivity index (χ4n) is 5.55. The number of amides is 4. The van der Waals surface area contributed by atoms with Crippen LogP contribution in [0.5, 0.6) is 0 Å². The van der Waals surface area contributed by atoms with E-state index in [1.54, 1.807) is 24.3 Å². The molecule has 2 aliphatic heterocycles. The van der Waals surface area contributed by atoms with Crippen LogP contribution in [0.4, 0.5) is 0 Å². The van der Waals surface area contributed by atoms with Crippen LogP contribution in [-0.4, -0.2) is 63.4 Å². The molecule has 0 unspecified atom stereocenters. The highest BCUT2D eigenvalue weighted by Gasteiger charge is 2.39. The molecule has 12 nitrogen and oxygen atoms in total. The zero-order chi connectivity index (χ0) is 31.6. The molecule has 2 aliphatic rings. The molecule has 2 heterocycles. The van der Waals surface area contributed by atoms with Gasteiger partial charge in [-0.05, 0) is 72.5 Å². The Labute approximate surface area is 252 Å². The van der Waals surface area contributed by atoms with Gasteiger partial charge in [-0.15, -0.1) is 0 Å². The van der Waals surface area contributed by atoms with Gasteiger partial charge in [0.1, 0.15) is 0 Å². The summed E-state index contributed by atoms with van der Waals surface area (Å²) >= 11 is 0. The number of imide groups is 2. The van der Waals surface area contributed by atoms with E-state index in [1.165, 1.54) is 48.5 Å². The van der Waals surface area contributed by atoms with Gasteiger partial charge in [-0.2, -0.15) is 0 Å². The monoisotopic (exact) mass is 632 g/mol. The van der Waals surface area contributed by atoms with Gasteiger partial charge in [0.15, 0.2) is 0 Å². The van der Waals surface area contributed by atoms with Crippen molar-refractivity contribution in [3.8, 4) is 0 Å². The highest BCUT2D eigenvalue weighted by Crippen LogP contribution is 2.38. The second-order valence-corrected chi connectivity index (χ2v) is 13.6. The van der Waals surface area contributed by atoms with E-state index in [4.69, 9.17) is 10.3 Å². The van der Waals surface area contributed by atoms with E-state index >= 15 is 0 Å². The highest BCUT2D eigenvalue weighted by molar-refractivity contribution is 7.89.